The number of likely N-dealkylation sites (tertiary alicyclic amines) is 2. The number of rotatable bonds is 2. The number of amides is 1. The minimum Gasteiger partial charge on any atom is -0.340 e. The van der Waals surface area contributed by atoms with E-state index in [2.05, 4.69) is 26.9 Å². The standard InChI is InChI=1S/C21H30N4O2/c1-23-19(26)4-5-21(23)6-8-24(9-7-21)14-16-2-3-18-17-10-15(11-22-12-17)13-25(18)20(16)27/h2-3,15,17,22H,4-14H2,1H3/t15-,17+/m0/s1. The number of nitrogens with zero attached hydrogens (tertiary/aromatic N) is 3. The quantitative estimate of drug-likeness (QED) is 0.848. The van der Waals surface area contributed by atoms with E-state index in [0.29, 0.717) is 18.3 Å². The maximum Gasteiger partial charge on any atom is 0.255 e. The van der Waals surface area contributed by atoms with Crippen LogP contribution in [0.3, 0.4) is 0 Å². The van der Waals surface area contributed by atoms with Crippen molar-refractivity contribution in [3.8, 4) is 0 Å². The third kappa shape index (κ3) is 2.85. The lowest BCUT2D eigenvalue weighted by Gasteiger charge is -2.43. The zero-order valence-electron chi connectivity index (χ0n) is 16.2. The average Bonchev–Trinajstić information content (AvgIpc) is 2.95. The fraction of sp³-hybridized carbons (Fsp3) is 0.714. The van der Waals surface area contributed by atoms with E-state index >= 15 is 0 Å². The Balaban J connectivity index is 1.31. The molecule has 4 aliphatic rings. The van der Waals surface area contributed by atoms with Gasteiger partial charge in [-0.1, -0.05) is 6.07 Å². The van der Waals surface area contributed by atoms with E-state index in [4.69, 9.17) is 0 Å². The molecule has 1 aromatic heterocycles. The van der Waals surface area contributed by atoms with Gasteiger partial charge in [0.2, 0.25) is 5.91 Å². The fourth-order valence-corrected chi connectivity index (χ4v) is 5.85. The predicted octanol–water partition coefficient (Wildman–Crippen LogP) is 1.14. The summed E-state index contributed by atoms with van der Waals surface area (Å²) >= 11 is 0. The van der Waals surface area contributed by atoms with Gasteiger partial charge in [-0.15, -0.1) is 0 Å². The van der Waals surface area contributed by atoms with Crippen molar-refractivity contribution in [1.29, 1.82) is 0 Å². The topological polar surface area (TPSA) is 57.6 Å². The van der Waals surface area contributed by atoms with Gasteiger partial charge in [0.15, 0.2) is 0 Å². The Labute approximate surface area is 160 Å². The highest BCUT2D eigenvalue weighted by Crippen LogP contribution is 2.38. The maximum absolute atomic E-state index is 13.1. The van der Waals surface area contributed by atoms with Crippen molar-refractivity contribution in [2.24, 2.45) is 5.92 Å². The van der Waals surface area contributed by atoms with E-state index < -0.39 is 0 Å². The number of piperidine rings is 2. The van der Waals surface area contributed by atoms with Crippen LogP contribution in [0.5, 0.6) is 0 Å². The van der Waals surface area contributed by atoms with Gasteiger partial charge in [-0.2, -0.15) is 0 Å². The van der Waals surface area contributed by atoms with Crippen molar-refractivity contribution < 1.29 is 4.79 Å². The van der Waals surface area contributed by atoms with Crippen molar-refractivity contribution in [3.05, 3.63) is 33.7 Å². The summed E-state index contributed by atoms with van der Waals surface area (Å²) in [6.07, 6.45) is 4.95. The summed E-state index contributed by atoms with van der Waals surface area (Å²) in [5.41, 5.74) is 2.44. The molecule has 27 heavy (non-hydrogen) atoms. The minimum atomic E-state index is 0.0723. The molecule has 4 aliphatic heterocycles. The molecule has 0 radical (unpaired) electrons. The number of nitrogens with one attached hydrogen (secondary N) is 1. The smallest absolute Gasteiger partial charge is 0.255 e. The Morgan fingerprint density at radius 3 is 2.70 bits per heavy atom. The van der Waals surface area contributed by atoms with Crippen LogP contribution in [0.1, 0.15) is 49.3 Å². The Morgan fingerprint density at radius 2 is 1.96 bits per heavy atom. The van der Waals surface area contributed by atoms with Crippen LogP contribution in [0, 0.1) is 5.92 Å². The maximum atomic E-state index is 13.1. The first-order chi connectivity index (χ1) is 13.1. The van der Waals surface area contributed by atoms with Crippen LogP contribution in [-0.4, -0.2) is 59.0 Å². The Hall–Kier alpha value is -1.66. The second-order valence-electron chi connectivity index (χ2n) is 9.11. The number of hydrogen-bond acceptors (Lipinski definition) is 4. The highest BCUT2D eigenvalue weighted by molar-refractivity contribution is 5.79. The van der Waals surface area contributed by atoms with Gasteiger partial charge in [0.05, 0.1) is 0 Å². The van der Waals surface area contributed by atoms with Gasteiger partial charge in [-0.25, -0.2) is 0 Å². The van der Waals surface area contributed by atoms with Gasteiger partial charge in [0, 0.05) is 68.9 Å². The van der Waals surface area contributed by atoms with Crippen molar-refractivity contribution in [2.75, 3.05) is 33.2 Å². The Bertz CT molecular complexity index is 809. The lowest BCUT2D eigenvalue weighted by Crippen LogP contribution is -2.51. The van der Waals surface area contributed by atoms with Crippen molar-refractivity contribution in [3.63, 3.8) is 0 Å². The zero-order chi connectivity index (χ0) is 18.6. The summed E-state index contributed by atoms with van der Waals surface area (Å²) in [5.74, 6) is 1.37. The molecular weight excluding hydrogens is 340 g/mol. The van der Waals surface area contributed by atoms with Gasteiger partial charge in [0.25, 0.3) is 5.56 Å². The molecule has 3 fully saturated rings. The first-order valence-electron chi connectivity index (χ1n) is 10.5. The van der Waals surface area contributed by atoms with E-state index in [1.54, 1.807) is 0 Å². The summed E-state index contributed by atoms with van der Waals surface area (Å²) in [6, 6.07) is 4.26. The van der Waals surface area contributed by atoms with Gasteiger partial charge in [-0.3, -0.25) is 14.5 Å². The highest BCUT2D eigenvalue weighted by Gasteiger charge is 2.44. The van der Waals surface area contributed by atoms with Gasteiger partial charge >= 0.3 is 0 Å². The van der Waals surface area contributed by atoms with Crippen molar-refractivity contribution in [1.82, 2.24) is 19.7 Å². The lowest BCUT2D eigenvalue weighted by molar-refractivity contribution is -0.130. The molecule has 146 valence electrons. The second-order valence-corrected chi connectivity index (χ2v) is 9.11. The van der Waals surface area contributed by atoms with Gasteiger partial charge < -0.3 is 14.8 Å². The predicted molar refractivity (Wildman–Crippen MR) is 104 cm³/mol. The van der Waals surface area contributed by atoms with E-state index in [-0.39, 0.29) is 17.0 Å². The molecule has 3 saturated heterocycles. The van der Waals surface area contributed by atoms with E-state index in [1.165, 1.54) is 12.1 Å². The monoisotopic (exact) mass is 370 g/mol. The summed E-state index contributed by atoms with van der Waals surface area (Å²) < 4.78 is 2.06. The van der Waals surface area contributed by atoms with Crippen LogP contribution in [0.2, 0.25) is 0 Å². The molecule has 5 rings (SSSR count). The molecule has 0 unspecified atom stereocenters. The van der Waals surface area contributed by atoms with Crippen molar-refractivity contribution >= 4 is 5.91 Å². The Morgan fingerprint density at radius 1 is 1.15 bits per heavy atom. The summed E-state index contributed by atoms with van der Waals surface area (Å²) in [4.78, 5) is 29.5. The molecule has 6 nitrogen and oxygen atoms in total. The number of aromatic nitrogens is 1. The molecule has 2 bridgehead atoms. The number of carbonyl (C=O) groups is 1. The molecule has 1 amide bonds. The summed E-state index contributed by atoms with van der Waals surface area (Å²) in [5, 5.41) is 3.51. The molecule has 0 aliphatic carbocycles. The highest BCUT2D eigenvalue weighted by atomic mass is 16.2. The van der Waals surface area contributed by atoms with Crippen molar-refractivity contribution in [2.45, 2.75) is 56.7 Å². The van der Waals surface area contributed by atoms with Crippen LogP contribution >= 0.6 is 0 Å². The van der Waals surface area contributed by atoms with Crippen LogP contribution in [0.25, 0.3) is 0 Å². The van der Waals surface area contributed by atoms with Crippen LogP contribution in [-0.2, 0) is 17.9 Å². The molecule has 0 saturated carbocycles. The third-order valence-electron chi connectivity index (χ3n) is 7.66. The number of fused-ring (bicyclic) bond motifs is 4. The van der Waals surface area contributed by atoms with Gasteiger partial charge in [0.1, 0.15) is 0 Å². The second kappa shape index (κ2) is 6.45. The molecular formula is C21H30N4O2. The van der Waals surface area contributed by atoms with Gasteiger partial charge in [-0.05, 0) is 44.2 Å². The number of hydrogen-bond donors (Lipinski definition) is 1. The molecule has 1 N–H and O–H groups in total. The average molecular weight is 370 g/mol. The number of pyridine rings is 1. The van der Waals surface area contributed by atoms with E-state index in [9.17, 15) is 9.59 Å². The van der Waals surface area contributed by atoms with Crippen LogP contribution in [0.4, 0.5) is 0 Å². The minimum absolute atomic E-state index is 0.0723. The normalized spacial score (nSPS) is 30.0. The molecule has 0 aromatic carbocycles. The third-order valence-corrected chi connectivity index (χ3v) is 7.66. The molecule has 1 aromatic rings. The largest absolute Gasteiger partial charge is 0.340 e. The first-order valence-corrected chi connectivity index (χ1v) is 10.5. The summed E-state index contributed by atoms with van der Waals surface area (Å²) in [7, 11) is 1.96. The zero-order valence-corrected chi connectivity index (χ0v) is 16.2. The van der Waals surface area contributed by atoms with Crippen LogP contribution in [0.15, 0.2) is 16.9 Å². The molecule has 5 heterocycles. The molecule has 1 spiro atoms. The summed E-state index contributed by atoms with van der Waals surface area (Å²) in [6.45, 7) is 5.56. The van der Waals surface area contributed by atoms with E-state index in [1.807, 2.05) is 11.9 Å². The lowest BCUT2D eigenvalue weighted by atomic mass is 9.84. The first kappa shape index (κ1) is 17.4. The fourth-order valence-electron chi connectivity index (χ4n) is 5.85. The SMILES string of the molecule is CN1C(=O)CCC12CCN(Cc1ccc3n(c1=O)C[C@@H]1CNC[C@H]3C1)CC2. The number of carbonyl (C=O) groups excluding carboxylic acids is 1. The van der Waals surface area contributed by atoms with E-state index in [0.717, 1.165) is 64.1 Å². The van der Waals surface area contributed by atoms with Crippen LogP contribution < -0.4 is 10.9 Å². The molecule has 2 atom stereocenters. The Kier molecular flexibility index (Phi) is 4.17. The molecule has 6 heteroatoms.